The van der Waals surface area contributed by atoms with Crippen molar-refractivity contribution in [2.75, 3.05) is 32.7 Å². The van der Waals surface area contributed by atoms with Gasteiger partial charge >= 0.3 is 0 Å². The highest BCUT2D eigenvalue weighted by molar-refractivity contribution is 5.48. The number of hydrogen-bond donors (Lipinski definition) is 0. The first-order valence-corrected chi connectivity index (χ1v) is 9.83. The normalized spacial score (nSPS) is 17.2. The van der Waals surface area contributed by atoms with Gasteiger partial charge in [-0.3, -0.25) is 9.80 Å². The van der Waals surface area contributed by atoms with Gasteiger partial charge in [0.05, 0.1) is 11.7 Å². The van der Waals surface area contributed by atoms with Gasteiger partial charge in [-0.05, 0) is 35.0 Å². The summed E-state index contributed by atoms with van der Waals surface area (Å²) in [4.78, 5) is 4.95. The molecule has 2 heterocycles. The maximum absolute atomic E-state index is 4.31. The van der Waals surface area contributed by atoms with Crippen molar-refractivity contribution >= 4 is 6.08 Å². The summed E-state index contributed by atoms with van der Waals surface area (Å²) in [6.45, 7) is 7.31. The lowest BCUT2D eigenvalue weighted by molar-refractivity contribution is 0.106. The summed E-state index contributed by atoms with van der Waals surface area (Å²) in [7, 11) is 0. The van der Waals surface area contributed by atoms with Gasteiger partial charge in [0.25, 0.3) is 0 Å². The van der Waals surface area contributed by atoms with E-state index in [1.807, 2.05) is 41.1 Å². The van der Waals surface area contributed by atoms with Crippen molar-refractivity contribution in [3.8, 4) is 5.69 Å². The first-order chi connectivity index (χ1) is 13.8. The predicted octanol–water partition coefficient (Wildman–Crippen LogP) is 3.05. The minimum atomic E-state index is 0.178. The first kappa shape index (κ1) is 18.5. The van der Waals surface area contributed by atoms with Crippen LogP contribution in [0.25, 0.3) is 11.8 Å². The molecular formula is C22H26N6. The Balaban J connectivity index is 1.33. The van der Waals surface area contributed by atoms with E-state index in [0.29, 0.717) is 0 Å². The number of tetrazole rings is 1. The third-order valence-electron chi connectivity index (χ3n) is 5.30. The van der Waals surface area contributed by atoms with Gasteiger partial charge in [-0.2, -0.15) is 4.68 Å². The van der Waals surface area contributed by atoms with Crippen LogP contribution < -0.4 is 0 Å². The van der Waals surface area contributed by atoms with E-state index >= 15 is 0 Å². The Morgan fingerprint density at radius 3 is 2.32 bits per heavy atom. The fraction of sp³-hybridized carbons (Fsp3) is 0.318. The van der Waals surface area contributed by atoms with Crippen LogP contribution in [0.5, 0.6) is 0 Å². The number of para-hydroxylation sites is 1. The fourth-order valence-corrected chi connectivity index (χ4v) is 3.61. The van der Waals surface area contributed by atoms with Crippen molar-refractivity contribution in [1.82, 2.24) is 30.0 Å². The molecule has 1 aliphatic rings. The summed E-state index contributed by atoms with van der Waals surface area (Å²) in [5, 5.41) is 12.4. The van der Waals surface area contributed by atoms with Crippen LogP contribution in [0.15, 0.2) is 66.7 Å². The number of nitrogens with zero attached hydrogens (tertiary/aromatic N) is 6. The number of benzene rings is 2. The summed E-state index contributed by atoms with van der Waals surface area (Å²) in [5.74, 6) is 0.892. The molecule has 0 saturated carbocycles. The van der Waals surface area contributed by atoms with Gasteiger partial charge < -0.3 is 0 Å². The summed E-state index contributed by atoms with van der Waals surface area (Å²) in [6, 6.07) is 20.7. The van der Waals surface area contributed by atoms with Crippen LogP contribution in [0.2, 0.25) is 0 Å². The first-order valence-electron chi connectivity index (χ1n) is 9.83. The van der Waals surface area contributed by atoms with Crippen LogP contribution in [-0.4, -0.2) is 62.7 Å². The van der Waals surface area contributed by atoms with E-state index in [0.717, 1.165) is 44.2 Å². The van der Waals surface area contributed by atoms with Crippen LogP contribution in [0.4, 0.5) is 0 Å². The third-order valence-corrected chi connectivity index (χ3v) is 5.30. The second-order valence-electron chi connectivity index (χ2n) is 7.11. The SMILES string of the molecule is CC(c1nnnn1-c1ccccc1)N1CCN(C/C=C/c2ccccc2)CC1. The molecule has 6 heteroatoms. The van der Waals surface area contributed by atoms with Crippen molar-refractivity contribution in [3.63, 3.8) is 0 Å². The molecule has 144 valence electrons. The Labute approximate surface area is 166 Å². The lowest BCUT2D eigenvalue weighted by atomic mass is 10.2. The van der Waals surface area contributed by atoms with Gasteiger partial charge in [-0.1, -0.05) is 60.7 Å². The highest BCUT2D eigenvalue weighted by atomic mass is 15.6. The number of piperazine rings is 1. The van der Waals surface area contributed by atoms with Crippen molar-refractivity contribution in [2.24, 2.45) is 0 Å². The monoisotopic (exact) mass is 374 g/mol. The Bertz CT molecular complexity index is 882. The van der Waals surface area contributed by atoms with E-state index in [2.05, 4.69) is 68.7 Å². The topological polar surface area (TPSA) is 50.1 Å². The summed E-state index contributed by atoms with van der Waals surface area (Å²) < 4.78 is 1.85. The molecule has 28 heavy (non-hydrogen) atoms. The minimum Gasteiger partial charge on any atom is -0.297 e. The van der Waals surface area contributed by atoms with Crippen LogP contribution in [0, 0.1) is 0 Å². The fourth-order valence-electron chi connectivity index (χ4n) is 3.61. The zero-order valence-corrected chi connectivity index (χ0v) is 16.2. The quantitative estimate of drug-likeness (QED) is 0.664. The summed E-state index contributed by atoms with van der Waals surface area (Å²) in [5.41, 5.74) is 2.25. The largest absolute Gasteiger partial charge is 0.297 e. The summed E-state index contributed by atoms with van der Waals surface area (Å²) >= 11 is 0. The van der Waals surface area contributed by atoms with Crippen LogP contribution in [0.3, 0.4) is 0 Å². The molecule has 0 N–H and O–H groups in total. The average Bonchev–Trinajstić information content (AvgIpc) is 3.25. The summed E-state index contributed by atoms with van der Waals surface area (Å²) in [6.07, 6.45) is 4.45. The zero-order chi connectivity index (χ0) is 19.2. The molecule has 1 unspecified atom stereocenters. The van der Waals surface area contributed by atoms with Crippen molar-refractivity contribution in [2.45, 2.75) is 13.0 Å². The maximum atomic E-state index is 4.31. The molecule has 4 rings (SSSR count). The highest BCUT2D eigenvalue weighted by Crippen LogP contribution is 2.21. The molecule has 6 nitrogen and oxygen atoms in total. The van der Waals surface area contributed by atoms with E-state index in [-0.39, 0.29) is 6.04 Å². The molecule has 0 radical (unpaired) electrons. The van der Waals surface area contributed by atoms with E-state index in [1.54, 1.807) is 0 Å². The average molecular weight is 374 g/mol. The van der Waals surface area contributed by atoms with Crippen LogP contribution >= 0.6 is 0 Å². The molecule has 2 aromatic carbocycles. The molecule has 0 aliphatic carbocycles. The Kier molecular flexibility index (Phi) is 5.89. The molecule has 3 aromatic rings. The Morgan fingerprint density at radius 1 is 0.929 bits per heavy atom. The van der Waals surface area contributed by atoms with Gasteiger partial charge in [0.15, 0.2) is 5.82 Å². The van der Waals surface area contributed by atoms with Gasteiger partial charge in [-0.25, -0.2) is 0 Å². The maximum Gasteiger partial charge on any atom is 0.173 e. The van der Waals surface area contributed by atoms with E-state index in [1.165, 1.54) is 5.56 Å². The van der Waals surface area contributed by atoms with Crippen molar-refractivity contribution in [1.29, 1.82) is 0 Å². The molecule has 0 spiro atoms. The molecule has 1 aliphatic heterocycles. The molecule has 0 amide bonds. The second kappa shape index (κ2) is 8.91. The van der Waals surface area contributed by atoms with E-state index in [4.69, 9.17) is 0 Å². The molecule has 1 aromatic heterocycles. The Hall–Kier alpha value is -2.83. The lowest BCUT2D eigenvalue weighted by Crippen LogP contribution is -2.47. The van der Waals surface area contributed by atoms with Gasteiger partial charge in [0.2, 0.25) is 0 Å². The van der Waals surface area contributed by atoms with E-state index in [9.17, 15) is 0 Å². The molecular weight excluding hydrogens is 348 g/mol. The van der Waals surface area contributed by atoms with E-state index < -0.39 is 0 Å². The van der Waals surface area contributed by atoms with Crippen molar-refractivity contribution < 1.29 is 0 Å². The van der Waals surface area contributed by atoms with Crippen LogP contribution in [-0.2, 0) is 0 Å². The lowest BCUT2D eigenvalue weighted by Gasteiger charge is -2.37. The minimum absolute atomic E-state index is 0.178. The van der Waals surface area contributed by atoms with Gasteiger partial charge in [0, 0.05) is 32.7 Å². The number of rotatable bonds is 6. The third kappa shape index (κ3) is 4.35. The van der Waals surface area contributed by atoms with Crippen LogP contribution in [0.1, 0.15) is 24.4 Å². The smallest absolute Gasteiger partial charge is 0.173 e. The second-order valence-corrected chi connectivity index (χ2v) is 7.11. The predicted molar refractivity (Wildman–Crippen MR) is 111 cm³/mol. The molecule has 0 bridgehead atoms. The number of aromatic nitrogens is 4. The van der Waals surface area contributed by atoms with Crippen molar-refractivity contribution in [3.05, 3.63) is 78.1 Å². The standard InChI is InChI=1S/C22H26N6/c1-19(22-23-24-25-28(22)21-12-6-3-7-13-21)27-17-15-26(16-18-27)14-8-11-20-9-4-2-5-10-20/h2-13,19H,14-18H2,1H3/b11-8+. The molecule has 1 fully saturated rings. The zero-order valence-electron chi connectivity index (χ0n) is 16.2. The Morgan fingerprint density at radius 2 is 1.61 bits per heavy atom. The van der Waals surface area contributed by atoms with Gasteiger partial charge in [-0.15, -0.1) is 5.10 Å². The van der Waals surface area contributed by atoms with Gasteiger partial charge in [0.1, 0.15) is 0 Å². The number of hydrogen-bond acceptors (Lipinski definition) is 5. The molecule has 1 saturated heterocycles. The highest BCUT2D eigenvalue weighted by Gasteiger charge is 2.25. The molecule has 1 atom stereocenters.